The number of primary amides is 2. The minimum atomic E-state index is -1.23. The smallest absolute Gasteiger partial charge is 0.341 e. The summed E-state index contributed by atoms with van der Waals surface area (Å²) in [5.74, 6) is 9.58. The number of hydrogen-bond donors (Lipinski definition) is 5. The number of benzene rings is 1. The van der Waals surface area contributed by atoms with Gasteiger partial charge < -0.3 is 21.3 Å². The Labute approximate surface area is 118 Å². The number of carboxylic acid groups (broad SMARTS) is 1. The average molecular weight is 298 g/mol. The van der Waals surface area contributed by atoms with Gasteiger partial charge >= 0.3 is 18.0 Å². The third-order valence-corrected chi connectivity index (χ3v) is 2.31. The van der Waals surface area contributed by atoms with Crippen molar-refractivity contribution < 1.29 is 24.2 Å². The number of rotatable bonds is 5. The Kier molecular flexibility index (Phi) is 4.88. The Morgan fingerprint density at radius 1 is 1.10 bits per heavy atom. The van der Waals surface area contributed by atoms with Crippen molar-refractivity contribution in [1.29, 1.82) is 0 Å². The van der Waals surface area contributed by atoms with Crippen LogP contribution in [0, 0.1) is 0 Å². The Morgan fingerprint density at radius 2 is 1.67 bits per heavy atom. The van der Waals surface area contributed by atoms with Crippen LogP contribution in [0.15, 0.2) is 18.2 Å². The van der Waals surface area contributed by atoms with Gasteiger partial charge in [-0.2, -0.15) is 0 Å². The molecular formula is C10H14N6O5. The minimum absolute atomic E-state index is 0.0414. The van der Waals surface area contributed by atoms with Gasteiger partial charge in [0.1, 0.15) is 11.4 Å². The van der Waals surface area contributed by atoms with Crippen LogP contribution in [0.2, 0.25) is 0 Å². The maximum absolute atomic E-state index is 11.1. The predicted octanol–water partition coefficient (Wildman–Crippen LogP) is -1.33. The van der Waals surface area contributed by atoms with E-state index in [2.05, 4.69) is 0 Å². The first-order valence-corrected chi connectivity index (χ1v) is 5.41. The van der Waals surface area contributed by atoms with Gasteiger partial charge in [0.05, 0.1) is 5.69 Å². The normalized spacial score (nSPS) is 9.81. The second kappa shape index (κ2) is 6.40. The van der Waals surface area contributed by atoms with Crippen LogP contribution < -0.4 is 37.9 Å². The summed E-state index contributed by atoms with van der Waals surface area (Å²) in [7, 11) is 0. The van der Waals surface area contributed by atoms with Crippen LogP contribution in [0.3, 0.4) is 0 Å². The monoisotopic (exact) mass is 298 g/mol. The molecule has 9 N–H and O–H groups in total. The molecule has 0 saturated carbocycles. The molecule has 1 aromatic rings. The Balaban J connectivity index is 3.22. The minimum Gasteiger partial charge on any atom is -0.480 e. The van der Waals surface area contributed by atoms with Crippen LogP contribution >= 0.6 is 0 Å². The third-order valence-electron chi connectivity index (χ3n) is 2.31. The number of carbonyl (C=O) groups is 3. The molecule has 11 heteroatoms. The molecule has 11 nitrogen and oxygen atoms in total. The maximum Gasteiger partial charge on any atom is 0.341 e. The van der Waals surface area contributed by atoms with Gasteiger partial charge in [0.15, 0.2) is 6.61 Å². The van der Waals surface area contributed by atoms with Crippen LogP contribution in [-0.4, -0.2) is 29.7 Å². The van der Waals surface area contributed by atoms with E-state index in [1.165, 1.54) is 18.2 Å². The highest BCUT2D eigenvalue weighted by Crippen LogP contribution is 2.31. The summed E-state index contributed by atoms with van der Waals surface area (Å²) in [6.45, 7) is -0.666. The lowest BCUT2D eigenvalue weighted by Crippen LogP contribution is -2.43. The Morgan fingerprint density at radius 3 is 2.14 bits per heavy atom. The van der Waals surface area contributed by atoms with E-state index in [-0.39, 0.29) is 17.1 Å². The quantitative estimate of drug-likeness (QED) is 0.252. The first-order valence-electron chi connectivity index (χ1n) is 5.41. The molecule has 0 aliphatic carbocycles. The fourth-order valence-corrected chi connectivity index (χ4v) is 1.35. The van der Waals surface area contributed by atoms with E-state index in [9.17, 15) is 14.4 Å². The van der Waals surface area contributed by atoms with Crippen molar-refractivity contribution in [2.24, 2.45) is 23.2 Å². The number of ether oxygens (including phenoxy) is 1. The molecule has 0 aromatic heterocycles. The topological polar surface area (TPSA) is 191 Å². The van der Waals surface area contributed by atoms with Gasteiger partial charge in [0.2, 0.25) is 0 Å². The second-order valence-electron chi connectivity index (χ2n) is 3.75. The highest BCUT2D eigenvalue weighted by molar-refractivity contribution is 5.94. The van der Waals surface area contributed by atoms with Crippen LogP contribution in [0.25, 0.3) is 0 Å². The number of anilines is 2. The molecule has 1 aromatic carbocycles. The van der Waals surface area contributed by atoms with E-state index in [1.807, 2.05) is 0 Å². The number of aliphatic carboxylic acids is 1. The molecule has 0 saturated heterocycles. The molecular weight excluding hydrogens is 284 g/mol. The summed E-state index contributed by atoms with van der Waals surface area (Å²) in [6, 6.07) is 1.78. The SMILES string of the molecule is NC(=O)N(N)c1ccc(OCC(=O)O)c(N(N)C(N)=O)c1. The van der Waals surface area contributed by atoms with E-state index in [1.54, 1.807) is 0 Å². The molecule has 0 fully saturated rings. The Bertz CT molecular complexity index is 577. The summed E-state index contributed by atoms with van der Waals surface area (Å²) < 4.78 is 4.96. The zero-order valence-corrected chi connectivity index (χ0v) is 10.7. The van der Waals surface area contributed by atoms with E-state index in [4.69, 9.17) is 33.0 Å². The summed E-state index contributed by atoms with van der Waals surface area (Å²) in [5.41, 5.74) is 10.0. The van der Waals surface area contributed by atoms with Gasteiger partial charge in [-0.05, 0) is 18.2 Å². The number of nitrogens with zero attached hydrogens (tertiary/aromatic N) is 2. The Hall–Kier alpha value is -3.05. The summed E-state index contributed by atoms with van der Waals surface area (Å²) in [6.07, 6.45) is 0. The van der Waals surface area contributed by atoms with Crippen molar-refractivity contribution in [2.75, 3.05) is 16.6 Å². The number of amides is 4. The van der Waals surface area contributed by atoms with Crippen LogP contribution in [0.4, 0.5) is 21.0 Å². The fraction of sp³-hybridized carbons (Fsp3) is 0.100. The van der Waals surface area contributed by atoms with E-state index < -0.39 is 24.6 Å². The van der Waals surface area contributed by atoms with Crippen LogP contribution in [0.5, 0.6) is 5.75 Å². The van der Waals surface area contributed by atoms with Gasteiger partial charge in [0, 0.05) is 0 Å². The molecule has 0 aliphatic heterocycles. The third kappa shape index (κ3) is 3.95. The van der Waals surface area contributed by atoms with E-state index in [0.717, 1.165) is 0 Å². The van der Waals surface area contributed by atoms with E-state index in [0.29, 0.717) is 10.0 Å². The molecule has 0 bridgehead atoms. The van der Waals surface area contributed by atoms with Crippen molar-refractivity contribution in [3.8, 4) is 5.75 Å². The lowest BCUT2D eigenvalue weighted by molar-refractivity contribution is -0.139. The van der Waals surface area contributed by atoms with Gasteiger partial charge in [-0.25, -0.2) is 36.1 Å². The molecule has 0 atom stereocenters. The number of urea groups is 2. The van der Waals surface area contributed by atoms with E-state index >= 15 is 0 Å². The highest BCUT2D eigenvalue weighted by atomic mass is 16.5. The van der Waals surface area contributed by atoms with Gasteiger partial charge in [0.25, 0.3) is 0 Å². The van der Waals surface area contributed by atoms with Crippen LogP contribution in [0.1, 0.15) is 0 Å². The number of carboxylic acids is 1. The first-order chi connectivity index (χ1) is 9.73. The van der Waals surface area contributed by atoms with Crippen molar-refractivity contribution >= 4 is 29.4 Å². The standard InChI is InChI=1S/C10H14N6O5/c11-9(19)15(13)5-1-2-7(21-4-8(17)18)6(3-5)16(14)10(12)20/h1-3H,4,13-14H2,(H2,11,19)(H2,12,20)(H,17,18). The van der Waals surface area contributed by atoms with Gasteiger partial charge in [-0.1, -0.05) is 0 Å². The molecule has 0 heterocycles. The number of nitrogens with two attached hydrogens (primary N) is 4. The first kappa shape index (κ1) is 16.0. The maximum atomic E-state index is 11.1. The van der Waals surface area contributed by atoms with Gasteiger partial charge in [-0.3, -0.25) is 0 Å². The second-order valence-corrected chi connectivity index (χ2v) is 3.75. The zero-order chi connectivity index (χ0) is 16.2. The molecule has 0 spiro atoms. The summed E-state index contributed by atoms with van der Waals surface area (Å²) in [5, 5.41) is 9.68. The van der Waals surface area contributed by atoms with Crippen molar-refractivity contribution in [1.82, 2.24) is 0 Å². The molecule has 4 amide bonds. The summed E-state index contributed by atoms with van der Waals surface area (Å²) in [4.78, 5) is 32.6. The summed E-state index contributed by atoms with van der Waals surface area (Å²) >= 11 is 0. The predicted molar refractivity (Wildman–Crippen MR) is 72.1 cm³/mol. The van der Waals surface area contributed by atoms with Crippen LogP contribution in [-0.2, 0) is 4.79 Å². The molecule has 0 aliphatic rings. The van der Waals surface area contributed by atoms with Crippen molar-refractivity contribution in [2.45, 2.75) is 0 Å². The molecule has 1 rings (SSSR count). The lowest BCUT2D eigenvalue weighted by atomic mass is 10.2. The largest absolute Gasteiger partial charge is 0.480 e. The number of hydrogen-bond acceptors (Lipinski definition) is 6. The van der Waals surface area contributed by atoms with Gasteiger partial charge in [-0.15, -0.1) is 0 Å². The number of hydrazine groups is 2. The highest BCUT2D eigenvalue weighted by Gasteiger charge is 2.18. The van der Waals surface area contributed by atoms with Crippen molar-refractivity contribution in [3.05, 3.63) is 18.2 Å². The zero-order valence-electron chi connectivity index (χ0n) is 10.7. The molecule has 21 heavy (non-hydrogen) atoms. The van der Waals surface area contributed by atoms with Crippen molar-refractivity contribution in [3.63, 3.8) is 0 Å². The fourth-order valence-electron chi connectivity index (χ4n) is 1.35. The lowest BCUT2D eigenvalue weighted by Gasteiger charge is -2.21. The average Bonchev–Trinajstić information content (AvgIpc) is 2.42. The molecule has 114 valence electrons. The molecule has 0 radical (unpaired) electrons. The molecule has 0 unspecified atom stereocenters. The number of carbonyl (C=O) groups excluding carboxylic acids is 2.